The second-order valence-electron chi connectivity index (χ2n) is 5.09. The fourth-order valence-corrected chi connectivity index (χ4v) is 2.51. The topological polar surface area (TPSA) is 66.2 Å². The molecular formula is C16H13N3O3. The second kappa shape index (κ2) is 5.14. The van der Waals surface area contributed by atoms with Gasteiger partial charge in [0, 0.05) is 6.20 Å². The maximum absolute atomic E-state index is 12.4. The molecular weight excluding hydrogens is 282 g/mol. The predicted octanol–water partition coefficient (Wildman–Crippen LogP) is 1.63. The van der Waals surface area contributed by atoms with Crippen LogP contribution in [-0.2, 0) is 6.54 Å². The average molecular weight is 295 g/mol. The number of benzene rings is 1. The van der Waals surface area contributed by atoms with Gasteiger partial charge >= 0.3 is 0 Å². The lowest BCUT2D eigenvalue weighted by Crippen LogP contribution is -2.36. The number of fused-ring (bicyclic) bond motifs is 2. The van der Waals surface area contributed by atoms with Gasteiger partial charge in [-0.15, -0.1) is 0 Å². The van der Waals surface area contributed by atoms with Gasteiger partial charge in [0.25, 0.3) is 5.56 Å². The molecule has 2 aromatic heterocycles. The van der Waals surface area contributed by atoms with Gasteiger partial charge in [-0.05, 0) is 18.2 Å². The molecule has 1 aliphatic heterocycles. The molecule has 0 saturated heterocycles. The van der Waals surface area contributed by atoms with Crippen LogP contribution in [0.25, 0.3) is 10.9 Å². The van der Waals surface area contributed by atoms with Crippen molar-refractivity contribution >= 4 is 10.9 Å². The number of aromatic nitrogens is 3. The van der Waals surface area contributed by atoms with Gasteiger partial charge in [0.2, 0.25) is 0 Å². The van der Waals surface area contributed by atoms with Crippen LogP contribution in [0.2, 0.25) is 0 Å². The minimum atomic E-state index is -0.228. The predicted molar refractivity (Wildman–Crippen MR) is 80.2 cm³/mol. The number of pyridine rings is 1. The standard InChI is InChI=1S/C16H13N3O3/c20-16-12-5-6-17-7-13(12)18-10-19(16)8-11-9-21-14-3-1-2-4-15(14)22-11/h1-7,10-11H,8-9H2/t11-/m1/s1. The number of hydrogen-bond acceptors (Lipinski definition) is 5. The van der Waals surface area contributed by atoms with E-state index in [4.69, 9.17) is 9.47 Å². The van der Waals surface area contributed by atoms with Gasteiger partial charge in [-0.1, -0.05) is 12.1 Å². The monoisotopic (exact) mass is 295 g/mol. The summed E-state index contributed by atoms with van der Waals surface area (Å²) < 4.78 is 13.1. The van der Waals surface area contributed by atoms with E-state index in [1.54, 1.807) is 23.0 Å². The smallest absolute Gasteiger partial charge is 0.261 e. The molecule has 6 heteroatoms. The molecule has 0 spiro atoms. The Morgan fingerprint density at radius 2 is 2.09 bits per heavy atom. The van der Waals surface area contributed by atoms with Crippen molar-refractivity contribution in [1.82, 2.24) is 14.5 Å². The molecule has 0 unspecified atom stereocenters. The van der Waals surface area contributed by atoms with Crippen molar-refractivity contribution in [3.63, 3.8) is 0 Å². The Kier molecular flexibility index (Phi) is 3.00. The van der Waals surface area contributed by atoms with E-state index >= 15 is 0 Å². The van der Waals surface area contributed by atoms with Crippen LogP contribution in [0.15, 0.2) is 53.8 Å². The Labute approximate surface area is 126 Å². The SMILES string of the molecule is O=c1c2ccncc2ncn1C[C@@H]1COc2ccccc2O1. The maximum atomic E-state index is 12.4. The van der Waals surface area contributed by atoms with Gasteiger partial charge < -0.3 is 9.47 Å². The van der Waals surface area contributed by atoms with Crippen LogP contribution in [-0.4, -0.2) is 27.2 Å². The number of hydrogen-bond donors (Lipinski definition) is 0. The highest BCUT2D eigenvalue weighted by molar-refractivity contribution is 5.75. The van der Waals surface area contributed by atoms with Gasteiger partial charge in [-0.25, -0.2) is 4.98 Å². The van der Waals surface area contributed by atoms with Crippen LogP contribution in [0, 0.1) is 0 Å². The van der Waals surface area contributed by atoms with E-state index in [-0.39, 0.29) is 11.7 Å². The fourth-order valence-electron chi connectivity index (χ4n) is 2.51. The highest BCUT2D eigenvalue weighted by Crippen LogP contribution is 2.31. The second-order valence-corrected chi connectivity index (χ2v) is 5.09. The summed E-state index contributed by atoms with van der Waals surface area (Å²) >= 11 is 0. The molecule has 0 saturated carbocycles. The zero-order valence-electron chi connectivity index (χ0n) is 11.7. The normalized spacial score (nSPS) is 16.6. The van der Waals surface area contributed by atoms with E-state index in [1.165, 1.54) is 6.33 Å². The lowest BCUT2D eigenvalue weighted by atomic mass is 10.2. The molecule has 110 valence electrons. The molecule has 3 heterocycles. The quantitative estimate of drug-likeness (QED) is 0.719. The third-order valence-electron chi connectivity index (χ3n) is 3.60. The minimum Gasteiger partial charge on any atom is -0.486 e. The van der Waals surface area contributed by atoms with E-state index in [0.29, 0.717) is 29.8 Å². The molecule has 0 fully saturated rings. The van der Waals surface area contributed by atoms with Crippen LogP contribution in [0.3, 0.4) is 0 Å². The summed E-state index contributed by atoms with van der Waals surface area (Å²) in [6.45, 7) is 0.788. The number of ether oxygens (including phenoxy) is 2. The van der Waals surface area contributed by atoms with Crippen LogP contribution >= 0.6 is 0 Å². The first-order valence-electron chi connectivity index (χ1n) is 6.99. The lowest BCUT2D eigenvalue weighted by molar-refractivity contribution is 0.0777. The van der Waals surface area contributed by atoms with Gasteiger partial charge in [0.1, 0.15) is 6.61 Å². The fraction of sp³-hybridized carbons (Fsp3) is 0.188. The molecule has 6 nitrogen and oxygen atoms in total. The van der Waals surface area contributed by atoms with Crippen LogP contribution in [0.1, 0.15) is 0 Å². The molecule has 0 bridgehead atoms. The Hall–Kier alpha value is -2.89. The van der Waals surface area contributed by atoms with Gasteiger partial charge in [0.05, 0.1) is 30.0 Å². The number of rotatable bonds is 2. The van der Waals surface area contributed by atoms with Crippen LogP contribution in [0.4, 0.5) is 0 Å². The van der Waals surface area contributed by atoms with Gasteiger partial charge in [-0.2, -0.15) is 0 Å². The Morgan fingerprint density at radius 1 is 1.23 bits per heavy atom. The summed E-state index contributed by atoms with van der Waals surface area (Å²) in [6, 6.07) is 9.18. The molecule has 22 heavy (non-hydrogen) atoms. The van der Waals surface area contributed by atoms with Crippen molar-refractivity contribution in [2.24, 2.45) is 0 Å². The summed E-state index contributed by atoms with van der Waals surface area (Å²) in [5.74, 6) is 1.43. The van der Waals surface area contributed by atoms with Crippen LogP contribution in [0.5, 0.6) is 11.5 Å². The molecule has 1 aliphatic rings. The highest BCUT2D eigenvalue weighted by Gasteiger charge is 2.21. The van der Waals surface area contributed by atoms with E-state index in [0.717, 1.165) is 5.75 Å². The van der Waals surface area contributed by atoms with E-state index in [2.05, 4.69) is 9.97 Å². The van der Waals surface area contributed by atoms with E-state index in [1.807, 2.05) is 24.3 Å². The summed E-state index contributed by atoms with van der Waals surface area (Å²) in [7, 11) is 0. The third-order valence-corrected chi connectivity index (χ3v) is 3.60. The van der Waals surface area contributed by atoms with Crippen molar-refractivity contribution in [3.8, 4) is 11.5 Å². The van der Waals surface area contributed by atoms with Gasteiger partial charge in [-0.3, -0.25) is 14.3 Å². The highest BCUT2D eigenvalue weighted by atomic mass is 16.6. The molecule has 1 atom stereocenters. The van der Waals surface area contributed by atoms with Crippen molar-refractivity contribution in [2.75, 3.05) is 6.61 Å². The number of nitrogens with zero attached hydrogens (tertiary/aromatic N) is 3. The summed E-state index contributed by atoms with van der Waals surface area (Å²) in [4.78, 5) is 20.7. The number of para-hydroxylation sites is 2. The zero-order valence-corrected chi connectivity index (χ0v) is 11.7. The zero-order chi connectivity index (χ0) is 14.9. The van der Waals surface area contributed by atoms with E-state index in [9.17, 15) is 4.79 Å². The summed E-state index contributed by atoms with van der Waals surface area (Å²) in [5.41, 5.74) is 0.491. The summed E-state index contributed by atoms with van der Waals surface area (Å²) in [5, 5.41) is 0.551. The first-order chi connectivity index (χ1) is 10.8. The molecule has 0 radical (unpaired) electrons. The first-order valence-corrected chi connectivity index (χ1v) is 6.99. The van der Waals surface area contributed by atoms with Crippen molar-refractivity contribution in [3.05, 3.63) is 59.4 Å². The average Bonchev–Trinajstić information content (AvgIpc) is 2.57. The first kappa shape index (κ1) is 12.8. The Morgan fingerprint density at radius 3 is 3.00 bits per heavy atom. The van der Waals surface area contributed by atoms with Crippen molar-refractivity contribution < 1.29 is 9.47 Å². The molecule has 0 amide bonds. The molecule has 1 aromatic carbocycles. The molecule has 3 aromatic rings. The third kappa shape index (κ3) is 2.18. The van der Waals surface area contributed by atoms with Crippen molar-refractivity contribution in [1.29, 1.82) is 0 Å². The largest absolute Gasteiger partial charge is 0.486 e. The van der Waals surface area contributed by atoms with Crippen molar-refractivity contribution in [2.45, 2.75) is 12.6 Å². The minimum absolute atomic E-state index is 0.102. The van der Waals surface area contributed by atoms with Crippen LogP contribution < -0.4 is 15.0 Å². The molecule has 0 aliphatic carbocycles. The molecule has 4 rings (SSSR count). The van der Waals surface area contributed by atoms with Gasteiger partial charge in [0.15, 0.2) is 17.6 Å². The Bertz CT molecular complexity index is 891. The Balaban J connectivity index is 1.62. The summed E-state index contributed by atoms with van der Waals surface area (Å²) in [6.07, 6.45) is 4.47. The lowest BCUT2D eigenvalue weighted by Gasteiger charge is -2.26. The molecule has 0 N–H and O–H groups in total. The maximum Gasteiger partial charge on any atom is 0.261 e. The van der Waals surface area contributed by atoms with E-state index < -0.39 is 0 Å².